The van der Waals surface area contributed by atoms with Gasteiger partial charge in [-0.1, -0.05) is 11.6 Å². The molecule has 1 amide bonds. The second kappa shape index (κ2) is 8.25. The molecule has 29 heavy (non-hydrogen) atoms. The molecule has 1 saturated heterocycles. The first kappa shape index (κ1) is 21.5. The average molecular weight is 442 g/mol. The Morgan fingerprint density at radius 3 is 2.34 bits per heavy atom. The first-order valence-corrected chi connectivity index (χ1v) is 10.9. The van der Waals surface area contributed by atoms with Gasteiger partial charge in [-0.3, -0.25) is 4.79 Å². The first-order valence-electron chi connectivity index (χ1n) is 9.13. The fourth-order valence-corrected chi connectivity index (χ4v) is 5.71. The summed E-state index contributed by atoms with van der Waals surface area (Å²) < 4.78 is 37.9. The van der Waals surface area contributed by atoms with Crippen LogP contribution in [0.15, 0.2) is 17.0 Å². The Bertz CT molecular complexity index is 1040. The van der Waals surface area contributed by atoms with Crippen molar-refractivity contribution in [1.82, 2.24) is 9.29 Å². The minimum atomic E-state index is -3.65. The van der Waals surface area contributed by atoms with Gasteiger partial charge in [-0.05, 0) is 38.3 Å². The van der Waals surface area contributed by atoms with Crippen molar-refractivity contribution in [2.24, 2.45) is 0 Å². The van der Waals surface area contributed by atoms with E-state index >= 15 is 0 Å². The first-order chi connectivity index (χ1) is 13.7. The summed E-state index contributed by atoms with van der Waals surface area (Å²) >= 11 is 6.16. The number of hydrogen-bond acceptors (Lipinski definition) is 5. The summed E-state index contributed by atoms with van der Waals surface area (Å²) in [6.45, 7) is 4.27. The summed E-state index contributed by atoms with van der Waals surface area (Å²) in [5.74, 6) is 0.283. The van der Waals surface area contributed by atoms with Crippen molar-refractivity contribution in [1.29, 1.82) is 0 Å². The maximum atomic E-state index is 13.0. The van der Waals surface area contributed by atoms with Crippen LogP contribution < -0.4 is 14.8 Å². The minimum absolute atomic E-state index is 0.157. The second-order valence-corrected chi connectivity index (χ2v) is 9.11. The Labute approximate surface area is 175 Å². The normalized spacial score (nSPS) is 14.8. The van der Waals surface area contributed by atoms with Crippen LogP contribution in [0.25, 0.3) is 0 Å². The summed E-state index contributed by atoms with van der Waals surface area (Å²) in [5, 5.41) is 3.03. The summed E-state index contributed by atoms with van der Waals surface area (Å²) in [4.78, 5) is 16.0. The largest absolute Gasteiger partial charge is 0.495 e. The molecule has 1 fully saturated rings. The third-order valence-corrected chi connectivity index (χ3v) is 7.45. The lowest BCUT2D eigenvalue weighted by molar-refractivity contribution is 0.102. The maximum Gasteiger partial charge on any atom is 0.272 e. The predicted octanol–water partition coefficient (Wildman–Crippen LogP) is 3.34. The number of nitrogens with one attached hydrogen (secondary N) is 2. The van der Waals surface area contributed by atoms with E-state index in [2.05, 4.69) is 10.3 Å². The molecule has 1 aliphatic rings. The number of rotatable bonds is 6. The zero-order chi connectivity index (χ0) is 21.3. The van der Waals surface area contributed by atoms with E-state index in [0.717, 1.165) is 12.8 Å². The molecule has 8 nitrogen and oxygen atoms in total. The molecule has 0 unspecified atom stereocenters. The van der Waals surface area contributed by atoms with E-state index in [1.807, 2.05) is 0 Å². The van der Waals surface area contributed by atoms with Gasteiger partial charge in [-0.15, -0.1) is 0 Å². The van der Waals surface area contributed by atoms with Gasteiger partial charge in [0.25, 0.3) is 5.91 Å². The number of halogens is 1. The lowest BCUT2D eigenvalue weighted by Crippen LogP contribution is -2.28. The van der Waals surface area contributed by atoms with E-state index in [1.54, 1.807) is 19.9 Å². The number of hydrogen-bond donors (Lipinski definition) is 2. The van der Waals surface area contributed by atoms with Crippen molar-refractivity contribution >= 4 is 33.2 Å². The van der Waals surface area contributed by atoms with Crippen LogP contribution in [0.5, 0.6) is 11.5 Å². The molecule has 0 radical (unpaired) electrons. The SMILES string of the molecule is COc1cc(OC)c(NC(=O)c2[nH]c(C)c(S(=O)(=O)N3CCCC3)c2C)cc1Cl. The monoisotopic (exact) mass is 441 g/mol. The summed E-state index contributed by atoms with van der Waals surface area (Å²) in [5.41, 5.74) is 1.33. The molecular formula is C19H24ClN3O5S. The molecule has 0 spiro atoms. The molecule has 2 aromatic rings. The molecule has 0 saturated carbocycles. The Balaban J connectivity index is 1.95. The van der Waals surface area contributed by atoms with Gasteiger partial charge in [0.05, 0.1) is 24.9 Å². The molecule has 0 aliphatic carbocycles. The molecule has 2 N–H and O–H groups in total. The number of benzene rings is 1. The summed E-state index contributed by atoms with van der Waals surface area (Å²) in [6, 6.07) is 3.08. The number of methoxy groups -OCH3 is 2. The van der Waals surface area contributed by atoms with Crippen LogP contribution in [0.3, 0.4) is 0 Å². The Hall–Kier alpha value is -2.23. The van der Waals surface area contributed by atoms with Crippen molar-refractivity contribution < 1.29 is 22.7 Å². The fraction of sp³-hybridized carbons (Fsp3) is 0.421. The quantitative estimate of drug-likeness (QED) is 0.716. The number of aromatic nitrogens is 1. The molecule has 10 heteroatoms. The van der Waals surface area contributed by atoms with Crippen LogP contribution >= 0.6 is 11.6 Å². The Morgan fingerprint density at radius 2 is 1.76 bits per heavy atom. The van der Waals surface area contributed by atoms with Crippen LogP contribution in [0, 0.1) is 13.8 Å². The molecule has 1 aromatic heterocycles. The van der Waals surface area contributed by atoms with Crippen molar-refractivity contribution in [2.75, 3.05) is 32.6 Å². The highest BCUT2D eigenvalue weighted by atomic mass is 35.5. The number of aromatic amines is 1. The number of aryl methyl sites for hydroxylation is 1. The lowest BCUT2D eigenvalue weighted by atomic mass is 10.2. The molecule has 1 aliphatic heterocycles. The van der Waals surface area contributed by atoms with E-state index in [0.29, 0.717) is 46.6 Å². The van der Waals surface area contributed by atoms with E-state index in [-0.39, 0.29) is 10.6 Å². The zero-order valence-corrected chi connectivity index (χ0v) is 18.3. The highest BCUT2D eigenvalue weighted by Gasteiger charge is 2.33. The molecule has 158 valence electrons. The van der Waals surface area contributed by atoms with Crippen LogP contribution in [-0.2, 0) is 10.0 Å². The van der Waals surface area contributed by atoms with Crippen molar-refractivity contribution in [2.45, 2.75) is 31.6 Å². The molecule has 0 atom stereocenters. The van der Waals surface area contributed by atoms with Gasteiger partial charge in [-0.2, -0.15) is 4.31 Å². The number of ether oxygens (including phenoxy) is 2. The van der Waals surface area contributed by atoms with Crippen LogP contribution in [0.1, 0.15) is 34.6 Å². The maximum absolute atomic E-state index is 13.0. The second-order valence-electron chi connectivity index (χ2n) is 6.83. The van der Waals surface area contributed by atoms with Crippen molar-refractivity contribution in [3.05, 3.63) is 34.1 Å². The van der Waals surface area contributed by atoms with Gasteiger partial charge in [0.15, 0.2) is 0 Å². The fourth-order valence-electron chi connectivity index (χ4n) is 3.55. The smallest absolute Gasteiger partial charge is 0.272 e. The van der Waals surface area contributed by atoms with Gasteiger partial charge in [0.1, 0.15) is 22.1 Å². The Kier molecular flexibility index (Phi) is 6.11. The van der Waals surface area contributed by atoms with Gasteiger partial charge in [0.2, 0.25) is 10.0 Å². The number of carbonyl (C=O) groups is 1. The van der Waals surface area contributed by atoms with Crippen LogP contribution in [0.4, 0.5) is 5.69 Å². The summed E-state index contributed by atoms with van der Waals surface area (Å²) in [6.07, 6.45) is 1.68. The Morgan fingerprint density at radius 1 is 1.14 bits per heavy atom. The van der Waals surface area contributed by atoms with Crippen LogP contribution in [0.2, 0.25) is 5.02 Å². The number of nitrogens with zero attached hydrogens (tertiary/aromatic N) is 1. The predicted molar refractivity (Wildman–Crippen MR) is 111 cm³/mol. The number of amides is 1. The van der Waals surface area contributed by atoms with E-state index in [4.69, 9.17) is 21.1 Å². The minimum Gasteiger partial charge on any atom is -0.495 e. The third-order valence-electron chi connectivity index (χ3n) is 4.98. The molecule has 3 rings (SSSR count). The zero-order valence-electron chi connectivity index (χ0n) is 16.8. The van der Waals surface area contributed by atoms with Gasteiger partial charge in [-0.25, -0.2) is 8.42 Å². The number of H-pyrrole nitrogens is 1. The van der Waals surface area contributed by atoms with Crippen molar-refractivity contribution in [3.63, 3.8) is 0 Å². The molecule has 2 heterocycles. The van der Waals surface area contributed by atoms with Gasteiger partial charge >= 0.3 is 0 Å². The molecule has 0 bridgehead atoms. The topological polar surface area (TPSA) is 101 Å². The molecule has 1 aromatic carbocycles. The highest BCUT2D eigenvalue weighted by Crippen LogP contribution is 2.36. The molecular weight excluding hydrogens is 418 g/mol. The number of anilines is 1. The summed E-state index contributed by atoms with van der Waals surface area (Å²) in [7, 11) is -0.714. The van der Waals surface area contributed by atoms with Gasteiger partial charge < -0.3 is 19.8 Å². The van der Waals surface area contributed by atoms with E-state index in [9.17, 15) is 13.2 Å². The van der Waals surface area contributed by atoms with Gasteiger partial charge in [0, 0.05) is 24.8 Å². The average Bonchev–Trinajstić information content (AvgIpc) is 3.30. The lowest BCUT2D eigenvalue weighted by Gasteiger charge is -2.16. The number of carbonyl (C=O) groups excluding carboxylic acids is 1. The van der Waals surface area contributed by atoms with Crippen molar-refractivity contribution in [3.8, 4) is 11.5 Å². The van der Waals surface area contributed by atoms with Crippen LogP contribution in [-0.4, -0.2) is 50.9 Å². The third kappa shape index (κ3) is 3.94. The van der Waals surface area contributed by atoms with E-state index < -0.39 is 15.9 Å². The van der Waals surface area contributed by atoms with E-state index in [1.165, 1.54) is 24.6 Å². The number of sulfonamides is 1. The standard InChI is InChI=1S/C19H24ClN3O5S/c1-11-17(21-12(2)18(11)29(25,26)23-7-5-6-8-23)19(24)22-14-9-13(20)15(27-3)10-16(14)28-4/h9-10,21H,5-8H2,1-4H3,(H,22,24). The highest BCUT2D eigenvalue weighted by molar-refractivity contribution is 7.89.